The van der Waals surface area contributed by atoms with Gasteiger partial charge in [0.1, 0.15) is 5.75 Å². The number of thiophene rings is 1. The first-order valence-corrected chi connectivity index (χ1v) is 11.0. The first-order chi connectivity index (χ1) is 14.4. The quantitative estimate of drug-likeness (QED) is 0.570. The van der Waals surface area contributed by atoms with Crippen LogP contribution in [0.4, 0.5) is 0 Å². The lowest BCUT2D eigenvalue weighted by molar-refractivity contribution is -0.147. The minimum Gasteiger partial charge on any atom is -0.478 e. The van der Waals surface area contributed by atoms with Crippen molar-refractivity contribution in [2.75, 3.05) is 26.2 Å². The molecular formula is C21H23ClN4O3S. The molecule has 0 spiro atoms. The summed E-state index contributed by atoms with van der Waals surface area (Å²) in [7, 11) is 0. The van der Waals surface area contributed by atoms with Crippen molar-refractivity contribution in [2.45, 2.75) is 26.0 Å². The molecule has 1 aliphatic rings. The van der Waals surface area contributed by atoms with Crippen molar-refractivity contribution in [3.63, 3.8) is 0 Å². The second-order valence-corrected chi connectivity index (χ2v) is 9.01. The number of ether oxygens (including phenoxy) is 1. The van der Waals surface area contributed by atoms with Crippen molar-refractivity contribution < 1.29 is 14.1 Å². The van der Waals surface area contributed by atoms with Crippen LogP contribution in [-0.4, -0.2) is 57.6 Å². The van der Waals surface area contributed by atoms with E-state index in [1.807, 2.05) is 22.4 Å². The Morgan fingerprint density at radius 3 is 2.60 bits per heavy atom. The number of hydrogen-bond donors (Lipinski definition) is 0. The van der Waals surface area contributed by atoms with E-state index in [-0.39, 0.29) is 5.91 Å². The van der Waals surface area contributed by atoms with Crippen molar-refractivity contribution >= 4 is 28.8 Å². The molecule has 7 nitrogen and oxygen atoms in total. The molecule has 0 saturated carbocycles. The Balaban J connectivity index is 1.30. The van der Waals surface area contributed by atoms with Crippen LogP contribution in [0.1, 0.15) is 19.7 Å². The summed E-state index contributed by atoms with van der Waals surface area (Å²) in [4.78, 5) is 22.5. The van der Waals surface area contributed by atoms with Gasteiger partial charge in [-0.2, -0.15) is 4.98 Å². The minimum atomic E-state index is -0.960. The van der Waals surface area contributed by atoms with Gasteiger partial charge in [-0.05, 0) is 49.6 Å². The Morgan fingerprint density at radius 1 is 1.20 bits per heavy atom. The Morgan fingerprint density at radius 2 is 1.93 bits per heavy atom. The van der Waals surface area contributed by atoms with E-state index in [0.29, 0.717) is 42.1 Å². The number of rotatable bonds is 6. The number of carbonyl (C=O) groups excluding carboxylic acids is 1. The molecule has 0 radical (unpaired) electrons. The van der Waals surface area contributed by atoms with Crippen LogP contribution in [0.3, 0.4) is 0 Å². The first-order valence-electron chi connectivity index (χ1n) is 9.73. The molecule has 1 aliphatic heterocycles. The molecule has 9 heteroatoms. The maximum absolute atomic E-state index is 13.0. The van der Waals surface area contributed by atoms with E-state index in [1.165, 1.54) is 0 Å². The van der Waals surface area contributed by atoms with Crippen LogP contribution in [0, 0.1) is 0 Å². The van der Waals surface area contributed by atoms with E-state index in [2.05, 4.69) is 15.0 Å². The highest BCUT2D eigenvalue weighted by atomic mass is 35.5. The fourth-order valence-corrected chi connectivity index (χ4v) is 4.12. The molecule has 0 unspecified atom stereocenters. The molecule has 1 saturated heterocycles. The molecule has 1 amide bonds. The van der Waals surface area contributed by atoms with Crippen molar-refractivity contribution in [2.24, 2.45) is 0 Å². The standard InChI is InChI=1S/C21H23ClN4O3S/c1-21(2,28-16-7-5-15(22)6-8-16)20(27)26-11-9-25(10-12-26)14-18-23-19(24-29-18)17-4-3-13-30-17/h3-8,13H,9-12,14H2,1-2H3. The fourth-order valence-electron chi connectivity index (χ4n) is 3.35. The van der Waals surface area contributed by atoms with Gasteiger partial charge in [0.2, 0.25) is 11.7 Å². The Hall–Kier alpha value is -2.42. The van der Waals surface area contributed by atoms with Crippen molar-refractivity contribution in [3.05, 3.63) is 52.7 Å². The lowest BCUT2D eigenvalue weighted by Gasteiger charge is -2.38. The highest BCUT2D eigenvalue weighted by Crippen LogP contribution is 2.24. The molecule has 30 heavy (non-hydrogen) atoms. The maximum atomic E-state index is 13.0. The number of aromatic nitrogens is 2. The van der Waals surface area contributed by atoms with Crippen molar-refractivity contribution in [1.29, 1.82) is 0 Å². The van der Waals surface area contributed by atoms with Crippen LogP contribution in [0.2, 0.25) is 5.02 Å². The molecule has 0 atom stereocenters. The number of amides is 1. The van der Waals surface area contributed by atoms with Gasteiger partial charge in [-0.15, -0.1) is 11.3 Å². The van der Waals surface area contributed by atoms with Gasteiger partial charge in [0.15, 0.2) is 5.60 Å². The van der Waals surface area contributed by atoms with Gasteiger partial charge >= 0.3 is 0 Å². The topological polar surface area (TPSA) is 71.7 Å². The third-order valence-electron chi connectivity index (χ3n) is 4.93. The summed E-state index contributed by atoms with van der Waals surface area (Å²) in [6, 6.07) is 11.0. The second-order valence-electron chi connectivity index (χ2n) is 7.62. The number of hydrogen-bond acceptors (Lipinski definition) is 7. The Labute approximate surface area is 184 Å². The lowest BCUT2D eigenvalue weighted by Crippen LogP contribution is -2.55. The predicted molar refractivity (Wildman–Crippen MR) is 116 cm³/mol. The zero-order chi connectivity index (χ0) is 21.1. The van der Waals surface area contributed by atoms with E-state index in [0.717, 1.165) is 18.0 Å². The first kappa shape index (κ1) is 20.8. The monoisotopic (exact) mass is 446 g/mol. The summed E-state index contributed by atoms with van der Waals surface area (Å²) in [6.07, 6.45) is 0. The highest BCUT2D eigenvalue weighted by Gasteiger charge is 2.36. The van der Waals surface area contributed by atoms with Crippen LogP contribution in [-0.2, 0) is 11.3 Å². The van der Waals surface area contributed by atoms with Crippen LogP contribution in [0.5, 0.6) is 5.75 Å². The van der Waals surface area contributed by atoms with Gasteiger partial charge in [-0.3, -0.25) is 9.69 Å². The number of benzene rings is 1. The average Bonchev–Trinajstić information content (AvgIpc) is 3.41. The van der Waals surface area contributed by atoms with Crippen LogP contribution in [0.25, 0.3) is 10.7 Å². The zero-order valence-corrected chi connectivity index (χ0v) is 18.4. The highest BCUT2D eigenvalue weighted by molar-refractivity contribution is 7.13. The van der Waals surface area contributed by atoms with E-state index in [9.17, 15) is 4.79 Å². The molecule has 3 heterocycles. The van der Waals surface area contributed by atoms with E-state index in [4.69, 9.17) is 20.9 Å². The molecule has 1 aromatic carbocycles. The fraction of sp³-hybridized carbons (Fsp3) is 0.381. The summed E-state index contributed by atoms with van der Waals surface area (Å²) in [5.74, 6) is 1.80. The van der Waals surface area contributed by atoms with Gasteiger partial charge in [0.25, 0.3) is 5.91 Å². The molecule has 158 valence electrons. The van der Waals surface area contributed by atoms with Crippen LogP contribution >= 0.6 is 22.9 Å². The predicted octanol–water partition coefficient (Wildman–Crippen LogP) is 3.95. The molecule has 0 aliphatic carbocycles. The summed E-state index contributed by atoms with van der Waals surface area (Å²) >= 11 is 7.50. The average molecular weight is 447 g/mol. The van der Waals surface area contributed by atoms with Crippen LogP contribution < -0.4 is 4.74 Å². The molecule has 2 aromatic heterocycles. The van der Waals surface area contributed by atoms with Gasteiger partial charge in [0, 0.05) is 31.2 Å². The molecule has 0 bridgehead atoms. The smallest absolute Gasteiger partial charge is 0.266 e. The van der Waals surface area contributed by atoms with Gasteiger partial charge in [-0.25, -0.2) is 0 Å². The van der Waals surface area contributed by atoms with Crippen molar-refractivity contribution in [3.8, 4) is 16.5 Å². The van der Waals surface area contributed by atoms with Gasteiger partial charge < -0.3 is 14.2 Å². The number of nitrogens with zero attached hydrogens (tertiary/aromatic N) is 4. The molecule has 0 N–H and O–H groups in total. The van der Waals surface area contributed by atoms with E-state index >= 15 is 0 Å². The summed E-state index contributed by atoms with van der Waals surface area (Å²) in [5, 5.41) is 6.67. The SMILES string of the molecule is CC(C)(Oc1ccc(Cl)cc1)C(=O)N1CCN(Cc2nc(-c3cccs3)no2)CC1. The third kappa shape index (κ3) is 4.83. The summed E-state index contributed by atoms with van der Waals surface area (Å²) in [6.45, 7) is 6.88. The summed E-state index contributed by atoms with van der Waals surface area (Å²) < 4.78 is 11.3. The summed E-state index contributed by atoms with van der Waals surface area (Å²) in [5.41, 5.74) is -0.960. The Kier molecular flexibility index (Phi) is 6.08. The lowest BCUT2D eigenvalue weighted by atomic mass is 10.1. The number of halogens is 1. The number of carbonyl (C=O) groups is 1. The normalized spacial score (nSPS) is 15.4. The molecular weight excluding hydrogens is 424 g/mol. The van der Waals surface area contributed by atoms with Crippen molar-refractivity contribution in [1.82, 2.24) is 19.9 Å². The molecule has 3 aromatic rings. The minimum absolute atomic E-state index is 0.0325. The van der Waals surface area contributed by atoms with Crippen LogP contribution in [0.15, 0.2) is 46.3 Å². The Bertz CT molecular complexity index is 980. The van der Waals surface area contributed by atoms with E-state index < -0.39 is 5.60 Å². The second kappa shape index (κ2) is 8.75. The molecule has 1 fully saturated rings. The third-order valence-corrected chi connectivity index (χ3v) is 6.05. The zero-order valence-electron chi connectivity index (χ0n) is 16.9. The maximum Gasteiger partial charge on any atom is 0.266 e. The van der Waals surface area contributed by atoms with E-state index in [1.54, 1.807) is 49.4 Å². The largest absolute Gasteiger partial charge is 0.478 e. The molecule has 4 rings (SSSR count). The van der Waals surface area contributed by atoms with Gasteiger partial charge in [-0.1, -0.05) is 22.8 Å². The van der Waals surface area contributed by atoms with Gasteiger partial charge in [0.05, 0.1) is 11.4 Å². The number of piperazine rings is 1.